The molecule has 0 radical (unpaired) electrons. The Morgan fingerprint density at radius 2 is 1.80 bits per heavy atom. The van der Waals surface area contributed by atoms with E-state index in [4.69, 9.17) is 5.73 Å². The fourth-order valence-corrected chi connectivity index (χ4v) is 2.71. The van der Waals surface area contributed by atoms with Gasteiger partial charge in [-0.15, -0.1) is 0 Å². The highest BCUT2D eigenvalue weighted by Crippen LogP contribution is 2.18. The molecule has 2 rings (SSSR count). The third kappa shape index (κ3) is 2.17. The number of nitrogens with zero attached hydrogens (tertiary/aromatic N) is 3. The summed E-state index contributed by atoms with van der Waals surface area (Å²) in [5.74, 6) is 1.23. The highest BCUT2D eigenvalue weighted by atomic mass is 32.2. The Bertz CT molecular complexity index is 445. The SMILES string of the molecule is Nc1nccnc1N1CCS(=O)(=O)CC1. The zero-order chi connectivity index (χ0) is 10.9. The van der Waals surface area contributed by atoms with E-state index in [9.17, 15) is 8.42 Å². The smallest absolute Gasteiger partial charge is 0.171 e. The van der Waals surface area contributed by atoms with E-state index in [2.05, 4.69) is 9.97 Å². The standard InChI is InChI=1S/C8H12N4O2S/c9-7-8(11-2-1-10-7)12-3-5-15(13,14)6-4-12/h1-2H,3-6H2,(H2,9,10). The zero-order valence-electron chi connectivity index (χ0n) is 8.13. The third-order valence-electron chi connectivity index (χ3n) is 2.35. The van der Waals surface area contributed by atoms with Crippen LogP contribution in [0, 0.1) is 0 Å². The summed E-state index contributed by atoms with van der Waals surface area (Å²) in [5.41, 5.74) is 5.65. The first kappa shape index (κ1) is 10.2. The average molecular weight is 228 g/mol. The van der Waals surface area contributed by atoms with Crippen molar-refractivity contribution in [3.63, 3.8) is 0 Å². The lowest BCUT2D eigenvalue weighted by Crippen LogP contribution is -2.41. The Kier molecular flexibility index (Phi) is 2.47. The summed E-state index contributed by atoms with van der Waals surface area (Å²) in [7, 11) is -2.87. The largest absolute Gasteiger partial charge is 0.381 e. The second-order valence-electron chi connectivity index (χ2n) is 3.40. The molecule has 1 aromatic rings. The summed E-state index contributed by atoms with van der Waals surface area (Å²) in [6.45, 7) is 0.871. The van der Waals surface area contributed by atoms with Crippen molar-refractivity contribution in [3.8, 4) is 0 Å². The zero-order valence-corrected chi connectivity index (χ0v) is 8.94. The van der Waals surface area contributed by atoms with Gasteiger partial charge in [0.2, 0.25) is 0 Å². The van der Waals surface area contributed by atoms with Gasteiger partial charge in [-0.05, 0) is 0 Å². The first-order chi connectivity index (χ1) is 7.08. The first-order valence-corrected chi connectivity index (χ1v) is 6.42. The van der Waals surface area contributed by atoms with E-state index in [1.54, 1.807) is 6.20 Å². The minimum Gasteiger partial charge on any atom is -0.381 e. The van der Waals surface area contributed by atoms with Crippen molar-refractivity contribution < 1.29 is 8.42 Å². The van der Waals surface area contributed by atoms with Crippen molar-refractivity contribution in [3.05, 3.63) is 12.4 Å². The Hall–Kier alpha value is -1.37. The lowest BCUT2D eigenvalue weighted by molar-refractivity contribution is 0.586. The van der Waals surface area contributed by atoms with Gasteiger partial charge in [-0.25, -0.2) is 18.4 Å². The van der Waals surface area contributed by atoms with E-state index in [0.717, 1.165) is 0 Å². The lowest BCUT2D eigenvalue weighted by atomic mass is 10.4. The highest BCUT2D eigenvalue weighted by molar-refractivity contribution is 7.91. The molecule has 0 atom stereocenters. The molecule has 2 heterocycles. The predicted octanol–water partition coefficient (Wildman–Crippen LogP) is -0.706. The molecule has 0 amide bonds. The molecule has 0 bridgehead atoms. The van der Waals surface area contributed by atoms with Crippen LogP contribution in [0.25, 0.3) is 0 Å². The molecule has 1 aliphatic heterocycles. The molecular formula is C8H12N4O2S. The number of sulfone groups is 1. The first-order valence-electron chi connectivity index (χ1n) is 4.60. The number of hydrogen-bond acceptors (Lipinski definition) is 6. The predicted molar refractivity (Wildman–Crippen MR) is 57.3 cm³/mol. The molecule has 1 fully saturated rings. The van der Waals surface area contributed by atoms with Gasteiger partial charge in [-0.1, -0.05) is 0 Å². The van der Waals surface area contributed by atoms with Gasteiger partial charge in [0, 0.05) is 25.5 Å². The molecule has 1 saturated heterocycles. The summed E-state index contributed by atoms with van der Waals surface area (Å²) in [5, 5.41) is 0. The molecule has 6 nitrogen and oxygen atoms in total. The molecule has 0 saturated carbocycles. The fraction of sp³-hybridized carbons (Fsp3) is 0.500. The maximum Gasteiger partial charge on any atom is 0.171 e. The van der Waals surface area contributed by atoms with Gasteiger partial charge in [0.05, 0.1) is 11.5 Å². The van der Waals surface area contributed by atoms with Crippen molar-refractivity contribution in [1.29, 1.82) is 0 Å². The number of anilines is 2. The van der Waals surface area contributed by atoms with E-state index in [-0.39, 0.29) is 11.5 Å². The topological polar surface area (TPSA) is 89.2 Å². The number of aromatic nitrogens is 2. The Labute approximate surface area is 88.0 Å². The van der Waals surface area contributed by atoms with Crippen LogP contribution in [0.2, 0.25) is 0 Å². The normalized spacial score (nSPS) is 20.1. The van der Waals surface area contributed by atoms with Crippen molar-refractivity contribution in [2.45, 2.75) is 0 Å². The monoisotopic (exact) mass is 228 g/mol. The molecule has 82 valence electrons. The maximum absolute atomic E-state index is 11.2. The van der Waals surface area contributed by atoms with Crippen LogP contribution in [0.15, 0.2) is 12.4 Å². The van der Waals surface area contributed by atoms with Gasteiger partial charge in [0.1, 0.15) is 0 Å². The lowest BCUT2D eigenvalue weighted by Gasteiger charge is -2.27. The molecule has 7 heteroatoms. The van der Waals surface area contributed by atoms with Crippen LogP contribution >= 0.6 is 0 Å². The van der Waals surface area contributed by atoms with Gasteiger partial charge in [-0.3, -0.25) is 0 Å². The molecule has 1 aliphatic rings. The van der Waals surface area contributed by atoms with Gasteiger partial charge in [-0.2, -0.15) is 0 Å². The van der Waals surface area contributed by atoms with Crippen LogP contribution in [0.1, 0.15) is 0 Å². The van der Waals surface area contributed by atoms with Crippen LogP contribution in [0.3, 0.4) is 0 Å². The summed E-state index contributed by atoms with van der Waals surface area (Å²) in [6.07, 6.45) is 3.06. The van der Waals surface area contributed by atoms with Gasteiger partial charge < -0.3 is 10.6 Å². The minimum absolute atomic E-state index is 0.156. The Balaban J connectivity index is 2.18. The highest BCUT2D eigenvalue weighted by Gasteiger charge is 2.23. The molecule has 0 aromatic carbocycles. The van der Waals surface area contributed by atoms with E-state index >= 15 is 0 Å². The van der Waals surface area contributed by atoms with Gasteiger partial charge >= 0.3 is 0 Å². The fourth-order valence-electron chi connectivity index (χ4n) is 1.51. The Morgan fingerprint density at radius 1 is 1.20 bits per heavy atom. The van der Waals surface area contributed by atoms with Crippen LogP contribution in [0.4, 0.5) is 11.6 Å². The summed E-state index contributed by atoms with van der Waals surface area (Å²) in [6, 6.07) is 0. The number of nitrogens with two attached hydrogens (primary N) is 1. The third-order valence-corrected chi connectivity index (χ3v) is 3.96. The molecule has 15 heavy (non-hydrogen) atoms. The number of rotatable bonds is 1. The van der Waals surface area contributed by atoms with Crippen molar-refractivity contribution in [2.75, 3.05) is 35.2 Å². The van der Waals surface area contributed by atoms with Crippen molar-refractivity contribution >= 4 is 21.5 Å². The number of nitrogen functional groups attached to an aromatic ring is 1. The molecule has 1 aromatic heterocycles. The van der Waals surface area contributed by atoms with Gasteiger partial charge in [0.25, 0.3) is 0 Å². The Morgan fingerprint density at radius 3 is 2.40 bits per heavy atom. The van der Waals surface area contributed by atoms with Crippen molar-refractivity contribution in [2.24, 2.45) is 0 Å². The summed E-state index contributed by atoms with van der Waals surface area (Å²) < 4.78 is 22.4. The van der Waals surface area contributed by atoms with Crippen LogP contribution in [-0.2, 0) is 9.84 Å². The molecule has 0 spiro atoms. The van der Waals surface area contributed by atoms with E-state index < -0.39 is 9.84 Å². The average Bonchev–Trinajstić information content (AvgIpc) is 2.19. The summed E-state index contributed by atoms with van der Waals surface area (Å²) >= 11 is 0. The van der Waals surface area contributed by atoms with Crippen LogP contribution in [-0.4, -0.2) is 43.0 Å². The molecule has 0 aliphatic carbocycles. The number of hydrogen-bond donors (Lipinski definition) is 1. The second-order valence-corrected chi connectivity index (χ2v) is 5.71. The van der Waals surface area contributed by atoms with Crippen LogP contribution in [0.5, 0.6) is 0 Å². The minimum atomic E-state index is -2.87. The van der Waals surface area contributed by atoms with Crippen LogP contribution < -0.4 is 10.6 Å². The molecule has 0 unspecified atom stereocenters. The van der Waals surface area contributed by atoms with E-state index in [1.807, 2.05) is 4.90 Å². The second kappa shape index (κ2) is 3.65. The summed E-state index contributed by atoms with van der Waals surface area (Å²) in [4.78, 5) is 9.86. The quantitative estimate of drug-likeness (QED) is 0.683. The maximum atomic E-state index is 11.2. The molecule has 2 N–H and O–H groups in total. The van der Waals surface area contributed by atoms with E-state index in [0.29, 0.717) is 24.7 Å². The van der Waals surface area contributed by atoms with Crippen molar-refractivity contribution in [1.82, 2.24) is 9.97 Å². The van der Waals surface area contributed by atoms with E-state index in [1.165, 1.54) is 6.20 Å². The van der Waals surface area contributed by atoms with Gasteiger partial charge in [0.15, 0.2) is 21.5 Å². The molecular weight excluding hydrogens is 216 g/mol.